The van der Waals surface area contributed by atoms with E-state index in [9.17, 15) is 9.18 Å². The molecule has 1 rings (SSSR count). The van der Waals surface area contributed by atoms with E-state index >= 15 is 0 Å². The predicted molar refractivity (Wildman–Crippen MR) is 61.4 cm³/mol. The van der Waals surface area contributed by atoms with Crippen molar-refractivity contribution in [1.29, 1.82) is 0 Å². The Kier molecular flexibility index (Phi) is 4.29. The fourth-order valence-electron chi connectivity index (χ4n) is 1.24. The number of aliphatic carboxylic acids is 1. The highest BCUT2D eigenvalue weighted by Crippen LogP contribution is 2.30. The average molecular weight is 291 g/mol. The van der Waals surface area contributed by atoms with Crippen LogP contribution in [0.25, 0.3) is 0 Å². The molecule has 0 saturated carbocycles. The van der Waals surface area contributed by atoms with Crippen LogP contribution < -0.4 is 4.74 Å². The quantitative estimate of drug-likeness (QED) is 0.925. The van der Waals surface area contributed by atoms with Crippen molar-refractivity contribution in [3.63, 3.8) is 0 Å². The minimum absolute atomic E-state index is 0.119. The molecule has 0 amide bonds. The molecule has 5 heteroatoms. The second-order valence-corrected chi connectivity index (χ2v) is 4.52. The molecule has 3 nitrogen and oxygen atoms in total. The lowest BCUT2D eigenvalue weighted by Crippen LogP contribution is -2.22. The van der Waals surface area contributed by atoms with Gasteiger partial charge in [-0.3, -0.25) is 0 Å². The maximum absolute atomic E-state index is 12.9. The maximum atomic E-state index is 12.9. The zero-order valence-corrected chi connectivity index (χ0v) is 10.5. The van der Waals surface area contributed by atoms with Crippen LogP contribution in [-0.2, 0) is 4.79 Å². The van der Waals surface area contributed by atoms with Gasteiger partial charge in [-0.25, -0.2) is 4.79 Å². The first-order valence-electron chi connectivity index (χ1n) is 4.74. The molecule has 0 aromatic heterocycles. The summed E-state index contributed by atoms with van der Waals surface area (Å²) in [7, 11) is 0. The molecule has 0 aliphatic carbocycles. The molecule has 0 bridgehead atoms. The summed E-state index contributed by atoms with van der Waals surface area (Å²) < 4.78 is 18.5. The first-order valence-corrected chi connectivity index (χ1v) is 5.54. The average Bonchev–Trinajstić information content (AvgIpc) is 2.20. The molecule has 16 heavy (non-hydrogen) atoms. The fourth-order valence-corrected chi connectivity index (χ4v) is 1.62. The van der Waals surface area contributed by atoms with E-state index in [0.717, 1.165) is 10.0 Å². The van der Waals surface area contributed by atoms with Crippen LogP contribution in [0, 0.1) is 0 Å². The Bertz CT molecular complexity index is 393. The number of hydrogen-bond acceptors (Lipinski definition) is 2. The lowest BCUT2D eigenvalue weighted by Gasteiger charge is -2.15. The van der Waals surface area contributed by atoms with Gasteiger partial charge in [-0.15, -0.1) is 0 Å². The molecule has 0 saturated heterocycles. The summed E-state index contributed by atoms with van der Waals surface area (Å²) in [4.78, 5) is 10.3. The molecule has 1 unspecified atom stereocenters. The van der Waals surface area contributed by atoms with E-state index in [0.29, 0.717) is 0 Å². The molecule has 1 N–H and O–H groups in total. The molecule has 0 aliphatic heterocycles. The van der Waals surface area contributed by atoms with Gasteiger partial charge in [0.1, 0.15) is 5.75 Å². The van der Waals surface area contributed by atoms with Gasteiger partial charge in [-0.2, -0.15) is 4.39 Å². The Hall–Kier alpha value is -1.10. The Morgan fingerprint density at radius 1 is 1.50 bits per heavy atom. The summed E-state index contributed by atoms with van der Waals surface area (Å²) in [6, 6.07) is 5.01. The summed E-state index contributed by atoms with van der Waals surface area (Å²) in [5, 5.41) is 8.42. The topological polar surface area (TPSA) is 46.5 Å². The van der Waals surface area contributed by atoms with E-state index in [-0.39, 0.29) is 11.7 Å². The van der Waals surface area contributed by atoms with E-state index in [2.05, 4.69) is 15.9 Å². The lowest BCUT2D eigenvalue weighted by molar-refractivity contribution is -0.153. The van der Waals surface area contributed by atoms with Crippen molar-refractivity contribution in [3.05, 3.63) is 28.2 Å². The fraction of sp³-hybridized carbons (Fsp3) is 0.364. The highest BCUT2D eigenvalue weighted by atomic mass is 79.9. The number of halogens is 2. The highest BCUT2D eigenvalue weighted by Gasteiger charge is 2.19. The van der Waals surface area contributed by atoms with Gasteiger partial charge in [0.05, 0.1) is 0 Å². The van der Waals surface area contributed by atoms with Crippen LogP contribution in [0.15, 0.2) is 22.7 Å². The van der Waals surface area contributed by atoms with Crippen molar-refractivity contribution in [2.75, 3.05) is 0 Å². The van der Waals surface area contributed by atoms with Gasteiger partial charge < -0.3 is 9.84 Å². The first-order chi connectivity index (χ1) is 7.41. The van der Waals surface area contributed by atoms with Gasteiger partial charge in [-0.1, -0.05) is 29.8 Å². The molecule has 88 valence electrons. The summed E-state index contributed by atoms with van der Waals surface area (Å²) in [6.07, 6.45) is -2.33. The van der Waals surface area contributed by atoms with Crippen molar-refractivity contribution < 1.29 is 19.0 Å². The van der Waals surface area contributed by atoms with E-state index in [1.165, 1.54) is 0 Å². The van der Waals surface area contributed by atoms with E-state index in [4.69, 9.17) is 9.84 Å². The predicted octanol–water partition coefficient (Wildman–Crippen LogP) is 3.33. The monoisotopic (exact) mass is 290 g/mol. The van der Waals surface area contributed by atoms with Crippen LogP contribution in [-0.4, -0.2) is 17.4 Å². The van der Waals surface area contributed by atoms with Crippen molar-refractivity contribution >= 4 is 21.9 Å². The third kappa shape index (κ3) is 3.20. The van der Waals surface area contributed by atoms with Crippen molar-refractivity contribution in [2.45, 2.75) is 26.1 Å². The van der Waals surface area contributed by atoms with Gasteiger partial charge in [-0.05, 0) is 29.7 Å². The Balaban J connectivity index is 2.99. The number of ether oxygens (including phenoxy) is 1. The van der Waals surface area contributed by atoms with Gasteiger partial charge in [0, 0.05) is 4.47 Å². The lowest BCUT2D eigenvalue weighted by atomic mass is 10.0. The van der Waals surface area contributed by atoms with Crippen LogP contribution in [0.3, 0.4) is 0 Å². The van der Waals surface area contributed by atoms with E-state index < -0.39 is 12.3 Å². The van der Waals surface area contributed by atoms with Gasteiger partial charge in [0.15, 0.2) is 0 Å². The molecule has 0 heterocycles. The third-order valence-corrected chi connectivity index (χ3v) is 2.51. The molecule has 0 fully saturated rings. The first kappa shape index (κ1) is 13.0. The van der Waals surface area contributed by atoms with Crippen molar-refractivity contribution in [1.82, 2.24) is 0 Å². The SMILES string of the molecule is CC(C)c1cc(Br)ccc1OC(F)C(=O)O. The maximum Gasteiger partial charge on any atom is 0.378 e. The Labute approximate surface area is 101 Å². The van der Waals surface area contributed by atoms with Crippen LogP contribution in [0.1, 0.15) is 25.3 Å². The Morgan fingerprint density at radius 3 is 2.62 bits per heavy atom. The van der Waals surface area contributed by atoms with Gasteiger partial charge >= 0.3 is 12.3 Å². The van der Waals surface area contributed by atoms with Crippen LogP contribution in [0.5, 0.6) is 5.75 Å². The van der Waals surface area contributed by atoms with Crippen LogP contribution >= 0.6 is 15.9 Å². The minimum atomic E-state index is -2.33. The number of carboxylic acids is 1. The number of hydrogen-bond donors (Lipinski definition) is 1. The summed E-state index contributed by atoms with van der Waals surface area (Å²) >= 11 is 3.29. The van der Waals surface area contributed by atoms with Crippen molar-refractivity contribution in [2.24, 2.45) is 0 Å². The van der Waals surface area contributed by atoms with Gasteiger partial charge in [0.2, 0.25) is 0 Å². The Morgan fingerprint density at radius 2 is 2.12 bits per heavy atom. The smallest absolute Gasteiger partial charge is 0.378 e. The van der Waals surface area contributed by atoms with Crippen LogP contribution in [0.2, 0.25) is 0 Å². The largest absolute Gasteiger partial charge is 0.476 e. The number of carbonyl (C=O) groups is 1. The second kappa shape index (κ2) is 5.30. The minimum Gasteiger partial charge on any atom is -0.476 e. The number of benzene rings is 1. The van der Waals surface area contributed by atoms with E-state index in [1.54, 1.807) is 18.2 Å². The molecular formula is C11H12BrFO3. The zero-order valence-electron chi connectivity index (χ0n) is 8.91. The highest BCUT2D eigenvalue weighted by molar-refractivity contribution is 9.10. The standard InChI is InChI=1S/C11H12BrFO3/c1-6(2)8-5-7(12)3-4-9(8)16-10(13)11(14)15/h3-6,10H,1-2H3,(H,14,15). The van der Waals surface area contributed by atoms with Crippen LogP contribution in [0.4, 0.5) is 4.39 Å². The molecular weight excluding hydrogens is 279 g/mol. The molecule has 0 radical (unpaired) electrons. The summed E-state index contributed by atoms with van der Waals surface area (Å²) in [5.74, 6) is -1.25. The third-order valence-electron chi connectivity index (χ3n) is 2.02. The molecule has 0 spiro atoms. The zero-order chi connectivity index (χ0) is 12.3. The molecule has 1 aromatic carbocycles. The molecule has 1 aromatic rings. The molecule has 0 aliphatic rings. The number of rotatable bonds is 4. The number of carboxylic acid groups (broad SMARTS) is 1. The van der Waals surface area contributed by atoms with Gasteiger partial charge in [0.25, 0.3) is 0 Å². The summed E-state index contributed by atoms with van der Waals surface area (Å²) in [6.45, 7) is 3.84. The second-order valence-electron chi connectivity index (χ2n) is 3.61. The molecule has 1 atom stereocenters. The van der Waals surface area contributed by atoms with Crippen molar-refractivity contribution in [3.8, 4) is 5.75 Å². The summed E-state index contributed by atoms with van der Waals surface area (Å²) in [5.41, 5.74) is 0.762. The number of alkyl halides is 1. The van der Waals surface area contributed by atoms with E-state index in [1.807, 2.05) is 13.8 Å². The normalized spacial score (nSPS) is 12.6.